The van der Waals surface area contributed by atoms with Gasteiger partial charge in [0.2, 0.25) is 0 Å². The molecular weight excluding hydrogens is 268 g/mol. The number of nitrogens with one attached hydrogen (secondary N) is 1. The average Bonchev–Trinajstić information content (AvgIpc) is 2.49. The first kappa shape index (κ1) is 17.4. The summed E-state index contributed by atoms with van der Waals surface area (Å²) in [5.74, 6) is 5.50. The molecule has 118 valence electrons. The van der Waals surface area contributed by atoms with Crippen LogP contribution in [0.1, 0.15) is 45.6 Å². The molecule has 0 aliphatic rings. The molecule has 0 saturated heterocycles. The van der Waals surface area contributed by atoms with E-state index < -0.39 is 4.92 Å². The van der Waals surface area contributed by atoms with Crippen LogP contribution in [0.5, 0.6) is 0 Å². The second-order valence-electron chi connectivity index (χ2n) is 5.29. The summed E-state index contributed by atoms with van der Waals surface area (Å²) >= 11 is 0. The molecule has 0 bridgehead atoms. The fourth-order valence-electron chi connectivity index (χ4n) is 2.33. The van der Waals surface area contributed by atoms with Crippen molar-refractivity contribution in [1.29, 1.82) is 0 Å². The number of rotatable bonds is 9. The highest BCUT2D eigenvalue weighted by atomic mass is 16.6. The predicted octanol–water partition coefficient (Wildman–Crippen LogP) is 3.28. The number of nitrogens with zero attached hydrogens (tertiary/aromatic N) is 2. The van der Waals surface area contributed by atoms with Crippen molar-refractivity contribution in [3.63, 3.8) is 0 Å². The normalized spacial score (nSPS) is 12.4. The molecule has 1 aromatic rings. The number of unbranched alkanes of at least 4 members (excludes halogenated alkanes) is 1. The van der Waals surface area contributed by atoms with E-state index >= 15 is 0 Å². The Labute approximate surface area is 126 Å². The summed E-state index contributed by atoms with van der Waals surface area (Å²) in [6, 6.07) is 5.51. The lowest BCUT2D eigenvalue weighted by Crippen LogP contribution is -2.33. The Hall–Kier alpha value is -1.66. The second kappa shape index (κ2) is 8.59. The molecule has 0 spiro atoms. The molecule has 21 heavy (non-hydrogen) atoms. The van der Waals surface area contributed by atoms with Crippen molar-refractivity contribution in [1.82, 2.24) is 4.90 Å². The van der Waals surface area contributed by atoms with Gasteiger partial charge >= 0.3 is 0 Å². The molecule has 3 N–H and O–H groups in total. The van der Waals surface area contributed by atoms with Gasteiger partial charge < -0.3 is 5.43 Å². The Kier molecular flexibility index (Phi) is 7.11. The Morgan fingerprint density at radius 2 is 2.14 bits per heavy atom. The Bertz CT molecular complexity index is 465. The first-order valence-electron chi connectivity index (χ1n) is 7.52. The lowest BCUT2D eigenvalue weighted by molar-refractivity contribution is -0.384. The predicted molar refractivity (Wildman–Crippen MR) is 86.0 cm³/mol. The van der Waals surface area contributed by atoms with Crippen molar-refractivity contribution in [3.05, 3.63) is 33.9 Å². The number of nitro groups is 1. The third kappa shape index (κ3) is 4.68. The molecule has 0 radical (unpaired) electrons. The Morgan fingerprint density at radius 1 is 1.43 bits per heavy atom. The number of hydrogen-bond donors (Lipinski definition) is 2. The molecular formula is C15H26N4O2. The molecule has 1 aromatic carbocycles. The highest BCUT2D eigenvalue weighted by molar-refractivity contribution is 5.65. The number of nitrogens with two attached hydrogens (primary N) is 1. The number of para-hydroxylation sites is 1. The zero-order valence-corrected chi connectivity index (χ0v) is 13.1. The van der Waals surface area contributed by atoms with E-state index in [4.69, 9.17) is 5.84 Å². The van der Waals surface area contributed by atoms with Crippen molar-refractivity contribution in [2.75, 3.05) is 12.0 Å². The summed E-state index contributed by atoms with van der Waals surface area (Å²) in [6.07, 6.45) is 3.29. The van der Waals surface area contributed by atoms with Gasteiger partial charge in [-0.15, -0.1) is 0 Å². The van der Waals surface area contributed by atoms with Gasteiger partial charge in [-0.3, -0.25) is 20.9 Å². The van der Waals surface area contributed by atoms with E-state index in [9.17, 15) is 10.1 Å². The number of hydrazine groups is 1. The third-order valence-corrected chi connectivity index (χ3v) is 3.86. The number of nitro benzene ring substituents is 1. The molecule has 1 atom stereocenters. The van der Waals surface area contributed by atoms with E-state index in [-0.39, 0.29) is 5.69 Å². The molecule has 0 saturated carbocycles. The average molecular weight is 294 g/mol. The van der Waals surface area contributed by atoms with Gasteiger partial charge in [-0.2, -0.15) is 0 Å². The molecule has 1 rings (SSSR count). The van der Waals surface area contributed by atoms with Gasteiger partial charge in [-0.1, -0.05) is 32.4 Å². The van der Waals surface area contributed by atoms with Crippen LogP contribution in [0.3, 0.4) is 0 Å². The summed E-state index contributed by atoms with van der Waals surface area (Å²) < 4.78 is 0. The van der Waals surface area contributed by atoms with Crippen molar-refractivity contribution < 1.29 is 4.92 Å². The molecule has 0 heterocycles. The third-order valence-electron chi connectivity index (χ3n) is 3.86. The molecule has 1 unspecified atom stereocenters. The highest BCUT2D eigenvalue weighted by Crippen LogP contribution is 2.29. The van der Waals surface area contributed by atoms with Crippen LogP contribution in [-0.2, 0) is 6.54 Å². The largest absolute Gasteiger partial charge is 0.318 e. The van der Waals surface area contributed by atoms with E-state index in [0.717, 1.165) is 31.4 Å². The molecule has 0 aromatic heterocycles. The summed E-state index contributed by atoms with van der Waals surface area (Å²) in [4.78, 5) is 13.0. The van der Waals surface area contributed by atoms with Gasteiger partial charge in [0.1, 0.15) is 5.69 Å². The lowest BCUT2D eigenvalue weighted by Gasteiger charge is -2.29. The maximum absolute atomic E-state index is 11.1. The van der Waals surface area contributed by atoms with Gasteiger partial charge in [-0.05, 0) is 31.9 Å². The van der Waals surface area contributed by atoms with E-state index in [1.165, 1.54) is 6.07 Å². The summed E-state index contributed by atoms with van der Waals surface area (Å²) in [5, 5.41) is 11.1. The van der Waals surface area contributed by atoms with Crippen LogP contribution in [0, 0.1) is 10.1 Å². The minimum atomic E-state index is -0.404. The first-order chi connectivity index (χ1) is 10.0. The van der Waals surface area contributed by atoms with Crippen LogP contribution in [-0.4, -0.2) is 22.4 Å². The van der Waals surface area contributed by atoms with Crippen LogP contribution in [0.4, 0.5) is 11.4 Å². The monoisotopic (exact) mass is 294 g/mol. The SMILES string of the molecule is CCCCN(Cc1cccc([N+](=O)[O-])c1NN)C(C)CC. The van der Waals surface area contributed by atoms with Crippen molar-refractivity contribution >= 4 is 11.4 Å². The molecule has 0 amide bonds. The number of nitrogen functional groups attached to an aromatic ring is 1. The number of hydrogen-bond acceptors (Lipinski definition) is 5. The minimum Gasteiger partial charge on any atom is -0.318 e. The van der Waals surface area contributed by atoms with E-state index in [0.29, 0.717) is 18.3 Å². The van der Waals surface area contributed by atoms with Crippen LogP contribution < -0.4 is 11.3 Å². The maximum Gasteiger partial charge on any atom is 0.293 e. The standard InChI is InChI=1S/C15H26N4O2/c1-4-6-10-18(12(3)5-2)11-13-8-7-9-14(19(20)21)15(13)17-16/h7-9,12,17H,4-6,10-11,16H2,1-3H3. The van der Waals surface area contributed by atoms with Crippen LogP contribution >= 0.6 is 0 Å². The van der Waals surface area contributed by atoms with Crippen LogP contribution in [0.2, 0.25) is 0 Å². The zero-order chi connectivity index (χ0) is 15.8. The van der Waals surface area contributed by atoms with Gasteiger partial charge in [0, 0.05) is 18.7 Å². The van der Waals surface area contributed by atoms with Crippen molar-refractivity contribution in [3.8, 4) is 0 Å². The lowest BCUT2D eigenvalue weighted by atomic mass is 10.1. The molecule has 0 aliphatic carbocycles. The molecule has 6 nitrogen and oxygen atoms in total. The van der Waals surface area contributed by atoms with Gasteiger partial charge in [0.15, 0.2) is 0 Å². The summed E-state index contributed by atoms with van der Waals surface area (Å²) in [5.41, 5.74) is 3.79. The van der Waals surface area contributed by atoms with Gasteiger partial charge in [0.25, 0.3) is 5.69 Å². The maximum atomic E-state index is 11.1. The van der Waals surface area contributed by atoms with E-state index in [1.807, 2.05) is 6.07 Å². The van der Waals surface area contributed by atoms with Crippen LogP contribution in [0.25, 0.3) is 0 Å². The Morgan fingerprint density at radius 3 is 2.67 bits per heavy atom. The fourth-order valence-corrected chi connectivity index (χ4v) is 2.33. The van der Waals surface area contributed by atoms with E-state index in [2.05, 4.69) is 31.1 Å². The Balaban J connectivity index is 3.02. The first-order valence-corrected chi connectivity index (χ1v) is 7.52. The number of benzene rings is 1. The molecule has 0 fully saturated rings. The van der Waals surface area contributed by atoms with Gasteiger partial charge in [-0.25, -0.2) is 0 Å². The van der Waals surface area contributed by atoms with Gasteiger partial charge in [0.05, 0.1) is 4.92 Å². The second-order valence-corrected chi connectivity index (χ2v) is 5.29. The highest BCUT2D eigenvalue weighted by Gasteiger charge is 2.19. The molecule has 0 aliphatic heterocycles. The van der Waals surface area contributed by atoms with Crippen molar-refractivity contribution in [2.24, 2.45) is 5.84 Å². The quantitative estimate of drug-likeness (QED) is 0.415. The minimum absolute atomic E-state index is 0.0228. The van der Waals surface area contributed by atoms with Crippen LogP contribution in [0.15, 0.2) is 18.2 Å². The fraction of sp³-hybridized carbons (Fsp3) is 0.600. The topological polar surface area (TPSA) is 84.4 Å². The smallest absolute Gasteiger partial charge is 0.293 e. The molecule has 6 heteroatoms. The van der Waals surface area contributed by atoms with Crippen molar-refractivity contribution in [2.45, 2.75) is 52.6 Å². The summed E-state index contributed by atoms with van der Waals surface area (Å²) in [7, 11) is 0. The van der Waals surface area contributed by atoms with E-state index in [1.54, 1.807) is 6.07 Å². The number of anilines is 1. The summed E-state index contributed by atoms with van der Waals surface area (Å²) in [6.45, 7) is 8.14. The zero-order valence-electron chi connectivity index (χ0n) is 13.1.